The molecule has 0 unspecified atom stereocenters. The zero-order valence-corrected chi connectivity index (χ0v) is 24.7. The number of ether oxygens (including phenoxy) is 1. The maximum atomic E-state index is 13.4. The summed E-state index contributed by atoms with van der Waals surface area (Å²) in [5, 5.41) is 3.63. The Labute approximate surface area is 236 Å². The zero-order chi connectivity index (χ0) is 28.3. The third kappa shape index (κ3) is 9.36. The Morgan fingerprint density at radius 3 is 2.39 bits per heavy atom. The molecule has 2 aromatic carbocycles. The molecule has 0 bridgehead atoms. The summed E-state index contributed by atoms with van der Waals surface area (Å²) in [7, 11) is -3.64. The van der Waals surface area contributed by atoms with Crippen molar-refractivity contribution < 1.29 is 22.7 Å². The van der Waals surface area contributed by atoms with E-state index in [1.165, 1.54) is 9.21 Å². The summed E-state index contributed by atoms with van der Waals surface area (Å²) in [6.45, 7) is 6.67. The SMILES string of the molecule is CCCCNC(=O)[C@@H](C)N(Cc1ccc(Cl)c(Cl)c1)C(=O)CCCN(c1ccccc1OCC)S(C)(=O)=O. The summed E-state index contributed by atoms with van der Waals surface area (Å²) < 4.78 is 32.1. The number of unbranched alkanes of at least 4 members (excludes halogenated alkanes) is 1. The van der Waals surface area contributed by atoms with Crippen molar-refractivity contribution in [2.45, 2.75) is 59.0 Å². The summed E-state index contributed by atoms with van der Waals surface area (Å²) in [5.41, 5.74) is 1.14. The Morgan fingerprint density at radius 1 is 1.05 bits per heavy atom. The summed E-state index contributed by atoms with van der Waals surface area (Å²) in [4.78, 5) is 27.7. The summed E-state index contributed by atoms with van der Waals surface area (Å²) in [6, 6.07) is 11.2. The summed E-state index contributed by atoms with van der Waals surface area (Å²) in [6.07, 6.45) is 3.18. The number of sulfonamides is 1. The number of carbonyl (C=O) groups excluding carboxylic acids is 2. The van der Waals surface area contributed by atoms with Crippen LogP contribution in [0, 0.1) is 0 Å². The second kappa shape index (κ2) is 15.2. The van der Waals surface area contributed by atoms with Gasteiger partial charge in [0.05, 0.1) is 28.6 Å². The smallest absolute Gasteiger partial charge is 0.242 e. The predicted molar refractivity (Wildman–Crippen MR) is 153 cm³/mol. The van der Waals surface area contributed by atoms with Crippen LogP contribution < -0.4 is 14.4 Å². The third-order valence-electron chi connectivity index (χ3n) is 5.92. The van der Waals surface area contributed by atoms with Crippen LogP contribution in [0.3, 0.4) is 0 Å². The highest BCUT2D eigenvalue weighted by atomic mass is 35.5. The van der Waals surface area contributed by atoms with Crippen molar-refractivity contribution in [1.82, 2.24) is 10.2 Å². The Bertz CT molecular complexity index is 1190. The first kappa shape index (κ1) is 31.7. The first-order chi connectivity index (χ1) is 18.0. The zero-order valence-electron chi connectivity index (χ0n) is 22.4. The molecule has 1 N–H and O–H groups in total. The first-order valence-electron chi connectivity index (χ1n) is 12.7. The number of hydrogen-bond donors (Lipinski definition) is 1. The molecule has 0 aliphatic heterocycles. The molecule has 2 aromatic rings. The first-order valence-corrected chi connectivity index (χ1v) is 15.3. The van der Waals surface area contributed by atoms with Crippen LogP contribution in [0.25, 0.3) is 0 Å². The molecule has 0 aliphatic rings. The van der Waals surface area contributed by atoms with Gasteiger partial charge in [0.25, 0.3) is 0 Å². The second-order valence-corrected chi connectivity index (χ2v) is 11.7. The Hall–Kier alpha value is -2.49. The van der Waals surface area contributed by atoms with E-state index in [4.69, 9.17) is 27.9 Å². The van der Waals surface area contributed by atoms with Crippen LogP contribution in [-0.4, -0.2) is 57.1 Å². The number of rotatable bonds is 15. The Balaban J connectivity index is 2.21. The van der Waals surface area contributed by atoms with Crippen molar-refractivity contribution in [3.8, 4) is 5.75 Å². The Kier molecular flexibility index (Phi) is 12.7. The van der Waals surface area contributed by atoms with Gasteiger partial charge in [0.1, 0.15) is 11.8 Å². The highest BCUT2D eigenvalue weighted by Crippen LogP contribution is 2.30. The number of nitrogens with one attached hydrogen (secondary N) is 1. The quantitative estimate of drug-likeness (QED) is 0.287. The van der Waals surface area contributed by atoms with E-state index < -0.39 is 16.1 Å². The van der Waals surface area contributed by atoms with Crippen LogP contribution in [0.1, 0.15) is 52.0 Å². The lowest BCUT2D eigenvalue weighted by Gasteiger charge is -2.29. The average Bonchev–Trinajstić information content (AvgIpc) is 2.87. The van der Waals surface area contributed by atoms with Gasteiger partial charge in [0.2, 0.25) is 21.8 Å². The van der Waals surface area contributed by atoms with E-state index in [1.54, 1.807) is 49.4 Å². The molecule has 1 atom stereocenters. The van der Waals surface area contributed by atoms with Gasteiger partial charge in [-0.1, -0.05) is 54.7 Å². The topological polar surface area (TPSA) is 96.0 Å². The molecule has 2 amide bonds. The van der Waals surface area contributed by atoms with Gasteiger partial charge < -0.3 is 15.0 Å². The van der Waals surface area contributed by atoms with E-state index >= 15 is 0 Å². The van der Waals surface area contributed by atoms with Crippen molar-refractivity contribution in [3.63, 3.8) is 0 Å². The molecule has 0 aliphatic carbocycles. The van der Waals surface area contributed by atoms with E-state index in [9.17, 15) is 18.0 Å². The van der Waals surface area contributed by atoms with Gasteiger partial charge in [-0.2, -0.15) is 0 Å². The molecular weight excluding hydrogens is 549 g/mol. The number of hydrogen-bond acceptors (Lipinski definition) is 5. The maximum Gasteiger partial charge on any atom is 0.242 e. The molecule has 0 spiro atoms. The predicted octanol–water partition coefficient (Wildman–Crippen LogP) is 5.27. The fourth-order valence-corrected chi connectivity index (χ4v) is 5.17. The largest absolute Gasteiger partial charge is 0.492 e. The van der Waals surface area contributed by atoms with Crippen LogP contribution >= 0.6 is 23.2 Å². The lowest BCUT2D eigenvalue weighted by molar-refractivity contribution is -0.140. The van der Waals surface area contributed by atoms with Crippen molar-refractivity contribution in [2.75, 3.05) is 30.3 Å². The monoisotopic (exact) mass is 585 g/mol. The third-order valence-corrected chi connectivity index (χ3v) is 7.84. The number of nitrogens with zero attached hydrogens (tertiary/aromatic N) is 2. The molecule has 11 heteroatoms. The summed E-state index contributed by atoms with van der Waals surface area (Å²) in [5.74, 6) is -0.0820. The molecule has 2 rings (SSSR count). The molecule has 38 heavy (non-hydrogen) atoms. The highest BCUT2D eigenvalue weighted by Gasteiger charge is 2.27. The molecule has 0 fully saturated rings. The highest BCUT2D eigenvalue weighted by molar-refractivity contribution is 7.92. The van der Waals surface area contributed by atoms with Crippen LogP contribution in [0.15, 0.2) is 42.5 Å². The van der Waals surface area contributed by atoms with Crippen molar-refractivity contribution in [2.24, 2.45) is 0 Å². The standard InChI is InChI=1S/C27H37Cl2N3O5S/c1-5-7-16-30-27(34)20(3)31(19-21-14-15-22(28)23(29)18-21)26(33)13-10-17-32(38(4,35)36)24-11-8-9-12-25(24)37-6-2/h8-9,11-12,14-15,18,20H,5-7,10,13,16-17,19H2,1-4H3,(H,30,34)/t20-/m1/s1. The average molecular weight is 587 g/mol. The molecule has 210 valence electrons. The van der Waals surface area contributed by atoms with Gasteiger partial charge in [0.15, 0.2) is 0 Å². The molecule has 0 heterocycles. The van der Waals surface area contributed by atoms with E-state index in [1.807, 2.05) is 13.8 Å². The van der Waals surface area contributed by atoms with Crippen LogP contribution in [0.4, 0.5) is 5.69 Å². The van der Waals surface area contributed by atoms with Gasteiger partial charge >= 0.3 is 0 Å². The van der Waals surface area contributed by atoms with E-state index in [-0.39, 0.29) is 37.7 Å². The van der Waals surface area contributed by atoms with Gasteiger partial charge in [-0.15, -0.1) is 0 Å². The van der Waals surface area contributed by atoms with Crippen LogP contribution in [-0.2, 0) is 26.2 Å². The summed E-state index contributed by atoms with van der Waals surface area (Å²) >= 11 is 12.2. The van der Waals surface area contributed by atoms with Crippen molar-refractivity contribution >= 4 is 50.7 Å². The van der Waals surface area contributed by atoms with Crippen molar-refractivity contribution in [1.29, 1.82) is 0 Å². The number of halogens is 2. The van der Waals surface area contributed by atoms with E-state index in [0.29, 0.717) is 34.6 Å². The number of anilines is 1. The fraction of sp³-hybridized carbons (Fsp3) is 0.481. The van der Waals surface area contributed by atoms with Crippen LogP contribution in [0.5, 0.6) is 5.75 Å². The van der Waals surface area contributed by atoms with E-state index in [2.05, 4.69) is 5.32 Å². The molecular formula is C27H37Cl2N3O5S. The van der Waals surface area contributed by atoms with Gasteiger partial charge in [-0.25, -0.2) is 8.42 Å². The van der Waals surface area contributed by atoms with Crippen LogP contribution in [0.2, 0.25) is 10.0 Å². The lowest BCUT2D eigenvalue weighted by Crippen LogP contribution is -2.48. The maximum absolute atomic E-state index is 13.4. The molecule has 0 saturated carbocycles. The minimum atomic E-state index is -3.64. The Morgan fingerprint density at radius 2 is 1.76 bits per heavy atom. The molecule has 0 aromatic heterocycles. The molecule has 8 nitrogen and oxygen atoms in total. The van der Waals surface area contributed by atoms with E-state index in [0.717, 1.165) is 24.7 Å². The molecule has 0 saturated heterocycles. The fourth-order valence-electron chi connectivity index (χ4n) is 3.88. The number of para-hydroxylation sites is 2. The van der Waals surface area contributed by atoms with Crippen molar-refractivity contribution in [3.05, 3.63) is 58.1 Å². The van der Waals surface area contributed by atoms with Gasteiger partial charge in [0, 0.05) is 26.1 Å². The lowest BCUT2D eigenvalue weighted by atomic mass is 10.1. The molecule has 0 radical (unpaired) electrons. The minimum Gasteiger partial charge on any atom is -0.492 e. The number of carbonyl (C=O) groups is 2. The minimum absolute atomic E-state index is 0.0384. The second-order valence-electron chi connectivity index (χ2n) is 8.93. The number of benzene rings is 2. The normalized spacial score (nSPS) is 12.1. The number of amides is 2. The van der Waals surface area contributed by atoms with Gasteiger partial charge in [-0.3, -0.25) is 13.9 Å². The van der Waals surface area contributed by atoms with Gasteiger partial charge in [-0.05, 0) is 56.5 Å².